The predicted molar refractivity (Wildman–Crippen MR) is 325 cm³/mol. The summed E-state index contributed by atoms with van der Waals surface area (Å²) >= 11 is 0. The van der Waals surface area contributed by atoms with Gasteiger partial charge < -0.3 is 14.2 Å². The Bertz CT molecular complexity index is 1660. The van der Waals surface area contributed by atoms with Gasteiger partial charge in [-0.05, 0) is 141 Å². The van der Waals surface area contributed by atoms with Gasteiger partial charge in [0.05, 0.1) is 0 Å². The molecule has 422 valence electrons. The smallest absolute Gasteiger partial charge is 0.306 e. The minimum absolute atomic E-state index is 0.115. The van der Waals surface area contributed by atoms with E-state index in [1.807, 2.05) is 0 Å². The molecule has 0 rings (SSSR count). The lowest BCUT2D eigenvalue weighted by Gasteiger charge is -2.18. The van der Waals surface area contributed by atoms with Crippen molar-refractivity contribution in [3.63, 3.8) is 0 Å². The lowest BCUT2D eigenvalue weighted by molar-refractivity contribution is -0.167. The summed E-state index contributed by atoms with van der Waals surface area (Å²) in [4.78, 5) is 38.2. The maximum absolute atomic E-state index is 12.9. The van der Waals surface area contributed by atoms with E-state index in [1.165, 1.54) is 70.6 Å². The molecule has 0 radical (unpaired) electrons. The number of unbranched alkanes of at least 4 members (excludes halogenated alkanes) is 18. The van der Waals surface area contributed by atoms with E-state index in [0.717, 1.165) is 135 Å². The molecule has 0 aromatic carbocycles. The van der Waals surface area contributed by atoms with Crippen LogP contribution < -0.4 is 0 Å². The van der Waals surface area contributed by atoms with E-state index < -0.39 is 6.10 Å². The van der Waals surface area contributed by atoms with Crippen molar-refractivity contribution in [2.24, 2.45) is 0 Å². The van der Waals surface area contributed by atoms with Crippen LogP contribution >= 0.6 is 0 Å². The third kappa shape index (κ3) is 60.0. The van der Waals surface area contributed by atoms with E-state index in [0.29, 0.717) is 19.3 Å². The molecule has 0 aromatic rings. The molecule has 75 heavy (non-hydrogen) atoms. The average molecular weight is 1040 g/mol. The molecule has 0 bridgehead atoms. The molecule has 1 unspecified atom stereocenters. The summed E-state index contributed by atoms with van der Waals surface area (Å²) in [7, 11) is 0. The summed E-state index contributed by atoms with van der Waals surface area (Å²) in [6, 6.07) is 0. The second-order valence-corrected chi connectivity index (χ2v) is 19.5. The number of hydrogen-bond donors (Lipinski definition) is 0. The van der Waals surface area contributed by atoms with Gasteiger partial charge in [0.25, 0.3) is 0 Å². The SMILES string of the molecule is CC/C=C\C/C=C\C/C=C\C/C=C\C/C=C\C/C=C\CCCCC(=O)OC(COC(=O)CCCCC/C=C\C/C=C\C/C=C\CC)COC(=O)CCCCCCCCCC/C=C\C/C=C\C/C=C\CCCCCCC. The fourth-order valence-electron chi connectivity index (χ4n) is 7.82. The molecule has 0 saturated heterocycles. The highest BCUT2D eigenvalue weighted by Crippen LogP contribution is 2.13. The summed E-state index contributed by atoms with van der Waals surface area (Å²) in [5.74, 6) is -1.00. The fourth-order valence-corrected chi connectivity index (χ4v) is 7.82. The molecule has 0 amide bonds. The van der Waals surface area contributed by atoms with Crippen LogP contribution in [0.15, 0.2) is 146 Å². The fraction of sp³-hybridized carbons (Fsp3) is 0.609. The molecule has 0 fully saturated rings. The lowest BCUT2D eigenvalue weighted by Crippen LogP contribution is -2.30. The van der Waals surface area contributed by atoms with Gasteiger partial charge in [0.1, 0.15) is 13.2 Å². The first-order valence-corrected chi connectivity index (χ1v) is 30.3. The number of carbonyl (C=O) groups excluding carboxylic acids is 3. The van der Waals surface area contributed by atoms with Gasteiger partial charge in [0.15, 0.2) is 6.10 Å². The van der Waals surface area contributed by atoms with Crippen LogP contribution in [-0.4, -0.2) is 37.2 Å². The average Bonchev–Trinajstić information content (AvgIpc) is 3.41. The van der Waals surface area contributed by atoms with Gasteiger partial charge in [-0.2, -0.15) is 0 Å². The number of hydrogen-bond acceptors (Lipinski definition) is 6. The monoisotopic (exact) mass is 1030 g/mol. The molecular weight excluding hydrogens is 925 g/mol. The molecule has 0 N–H and O–H groups in total. The second kappa shape index (κ2) is 61.8. The van der Waals surface area contributed by atoms with Crippen molar-refractivity contribution in [3.8, 4) is 0 Å². The van der Waals surface area contributed by atoms with Crippen LogP contribution in [0.25, 0.3) is 0 Å². The molecule has 6 nitrogen and oxygen atoms in total. The van der Waals surface area contributed by atoms with E-state index in [-0.39, 0.29) is 37.5 Å². The van der Waals surface area contributed by atoms with Gasteiger partial charge in [-0.15, -0.1) is 0 Å². The molecule has 0 aliphatic heterocycles. The van der Waals surface area contributed by atoms with Gasteiger partial charge in [0, 0.05) is 19.3 Å². The van der Waals surface area contributed by atoms with Crippen LogP contribution in [0, 0.1) is 0 Å². The minimum Gasteiger partial charge on any atom is -0.462 e. The van der Waals surface area contributed by atoms with Crippen molar-refractivity contribution in [3.05, 3.63) is 146 Å². The van der Waals surface area contributed by atoms with Crippen molar-refractivity contribution >= 4 is 17.9 Å². The van der Waals surface area contributed by atoms with Gasteiger partial charge in [-0.3, -0.25) is 14.4 Å². The molecule has 0 aliphatic rings. The summed E-state index contributed by atoms with van der Waals surface area (Å²) in [6.45, 7) is 6.33. The Hall–Kier alpha value is -4.71. The Morgan fingerprint density at radius 3 is 0.853 bits per heavy atom. The molecule has 0 saturated carbocycles. The predicted octanol–water partition coefficient (Wildman–Crippen LogP) is 20.8. The Morgan fingerprint density at radius 2 is 0.520 bits per heavy atom. The Morgan fingerprint density at radius 1 is 0.280 bits per heavy atom. The zero-order valence-electron chi connectivity index (χ0n) is 48.3. The largest absolute Gasteiger partial charge is 0.462 e. The molecule has 0 aliphatic carbocycles. The maximum Gasteiger partial charge on any atom is 0.306 e. The quantitative estimate of drug-likeness (QED) is 0.0261. The Labute approximate surface area is 461 Å². The Balaban J connectivity index is 4.49. The number of esters is 3. The van der Waals surface area contributed by atoms with E-state index >= 15 is 0 Å². The third-order valence-electron chi connectivity index (χ3n) is 12.3. The normalized spacial score (nSPS) is 13.2. The van der Waals surface area contributed by atoms with Crippen molar-refractivity contribution in [2.75, 3.05) is 13.2 Å². The van der Waals surface area contributed by atoms with Gasteiger partial charge in [-0.1, -0.05) is 237 Å². The molecular formula is C69H110O6. The molecule has 6 heteroatoms. The van der Waals surface area contributed by atoms with Crippen LogP contribution in [-0.2, 0) is 28.6 Å². The Kier molecular flexibility index (Phi) is 58.0. The zero-order valence-corrected chi connectivity index (χ0v) is 48.3. The first-order valence-electron chi connectivity index (χ1n) is 30.3. The van der Waals surface area contributed by atoms with E-state index in [2.05, 4.69) is 167 Å². The first-order chi connectivity index (χ1) is 37.0. The van der Waals surface area contributed by atoms with Crippen molar-refractivity contribution in [2.45, 2.75) is 258 Å². The first kappa shape index (κ1) is 70.3. The standard InChI is InChI=1S/C69H110O6/c1-4-7-10-13-16-19-22-25-27-29-31-33-34-36-37-39-41-44-47-50-53-56-59-62-68(71)74-65-66(64-73-67(70)61-58-55-52-49-46-43-24-21-18-15-12-9-6-3)75-69(72)63-60-57-54-51-48-45-42-40-38-35-32-30-28-26-23-20-17-14-11-8-5-2/h8-9,11-12,17-18,20-22,25-26,28-29,31-32,34-36,40,42-43,46,48,51,66H,4-7,10,13-16,19,23-24,27,30,33,37-39,41,44-45,47,49-50,52-65H2,1-3H3/b11-8-,12-9-,20-17-,21-18-,25-22-,28-26-,31-29-,35-32-,36-34-,42-40-,46-43-,51-48-. The molecule has 1 atom stereocenters. The molecule has 0 aromatic heterocycles. The van der Waals surface area contributed by atoms with Crippen LogP contribution in [0.3, 0.4) is 0 Å². The minimum atomic E-state index is -0.824. The third-order valence-corrected chi connectivity index (χ3v) is 12.3. The summed E-state index contributed by atoms with van der Waals surface area (Å²) < 4.78 is 16.8. The van der Waals surface area contributed by atoms with Crippen LogP contribution in [0.4, 0.5) is 0 Å². The molecule has 0 heterocycles. The number of allylic oxidation sites excluding steroid dienone is 24. The van der Waals surface area contributed by atoms with Crippen LogP contribution in [0.2, 0.25) is 0 Å². The number of rotatable bonds is 53. The maximum atomic E-state index is 12.9. The highest BCUT2D eigenvalue weighted by atomic mass is 16.6. The lowest BCUT2D eigenvalue weighted by atomic mass is 10.1. The summed E-state index contributed by atoms with van der Waals surface area (Å²) in [6.07, 6.45) is 88.5. The van der Waals surface area contributed by atoms with Crippen LogP contribution in [0.1, 0.15) is 252 Å². The van der Waals surface area contributed by atoms with Crippen LogP contribution in [0.5, 0.6) is 0 Å². The zero-order chi connectivity index (χ0) is 54.3. The highest BCUT2D eigenvalue weighted by Gasteiger charge is 2.19. The van der Waals surface area contributed by atoms with Gasteiger partial charge in [0.2, 0.25) is 0 Å². The molecule has 0 spiro atoms. The van der Waals surface area contributed by atoms with Crippen molar-refractivity contribution < 1.29 is 28.6 Å². The van der Waals surface area contributed by atoms with E-state index in [4.69, 9.17) is 14.2 Å². The summed E-state index contributed by atoms with van der Waals surface area (Å²) in [5.41, 5.74) is 0. The summed E-state index contributed by atoms with van der Waals surface area (Å²) in [5, 5.41) is 0. The van der Waals surface area contributed by atoms with Crippen molar-refractivity contribution in [1.82, 2.24) is 0 Å². The van der Waals surface area contributed by atoms with Gasteiger partial charge >= 0.3 is 17.9 Å². The van der Waals surface area contributed by atoms with Crippen molar-refractivity contribution in [1.29, 1.82) is 0 Å². The highest BCUT2D eigenvalue weighted by molar-refractivity contribution is 5.71. The number of carbonyl (C=O) groups is 3. The van der Waals surface area contributed by atoms with E-state index in [9.17, 15) is 14.4 Å². The number of ether oxygens (including phenoxy) is 3. The van der Waals surface area contributed by atoms with Gasteiger partial charge in [-0.25, -0.2) is 0 Å². The second-order valence-electron chi connectivity index (χ2n) is 19.5. The van der Waals surface area contributed by atoms with E-state index in [1.54, 1.807) is 0 Å². The topological polar surface area (TPSA) is 78.9 Å².